The van der Waals surface area contributed by atoms with Gasteiger partial charge in [-0.1, -0.05) is 41.9 Å². The van der Waals surface area contributed by atoms with Crippen LogP contribution in [0.3, 0.4) is 0 Å². The summed E-state index contributed by atoms with van der Waals surface area (Å²) < 4.78 is 15.0. The molecule has 1 amide bonds. The standard InChI is InChI=1S/C16H13FN2O2S/c17-12-6-7-13-14(8-12)22-19(16(13)21)10-15(20)18-9-11-4-2-1-3-5-11/h1-8H,9-10H2,(H,18,20). The van der Waals surface area contributed by atoms with Crippen LogP contribution in [0.25, 0.3) is 10.1 Å². The highest BCUT2D eigenvalue weighted by Gasteiger charge is 2.11. The zero-order valence-corrected chi connectivity index (χ0v) is 12.4. The van der Waals surface area contributed by atoms with E-state index in [1.807, 2.05) is 30.3 Å². The third-order valence-electron chi connectivity index (χ3n) is 3.23. The molecule has 2 aromatic carbocycles. The van der Waals surface area contributed by atoms with Crippen molar-refractivity contribution >= 4 is 27.5 Å². The van der Waals surface area contributed by atoms with E-state index >= 15 is 0 Å². The number of halogens is 1. The first kappa shape index (κ1) is 14.5. The molecule has 1 heterocycles. The van der Waals surface area contributed by atoms with E-state index in [0.29, 0.717) is 16.6 Å². The minimum Gasteiger partial charge on any atom is -0.350 e. The molecule has 22 heavy (non-hydrogen) atoms. The molecule has 0 spiro atoms. The van der Waals surface area contributed by atoms with Crippen molar-refractivity contribution in [2.24, 2.45) is 0 Å². The normalized spacial score (nSPS) is 10.8. The van der Waals surface area contributed by atoms with Crippen LogP contribution < -0.4 is 10.9 Å². The Balaban J connectivity index is 1.71. The van der Waals surface area contributed by atoms with Crippen LogP contribution in [0.1, 0.15) is 5.56 Å². The molecule has 4 nitrogen and oxygen atoms in total. The third kappa shape index (κ3) is 3.07. The van der Waals surface area contributed by atoms with Gasteiger partial charge in [0.2, 0.25) is 5.91 Å². The SMILES string of the molecule is O=C(Cn1sc2cc(F)ccc2c1=O)NCc1ccccc1. The van der Waals surface area contributed by atoms with Crippen LogP contribution in [0.5, 0.6) is 0 Å². The number of carbonyl (C=O) groups is 1. The molecule has 0 radical (unpaired) electrons. The number of carbonyl (C=O) groups excluding carboxylic acids is 1. The Labute approximate surface area is 130 Å². The maximum absolute atomic E-state index is 13.2. The Morgan fingerprint density at radius 1 is 1.18 bits per heavy atom. The zero-order chi connectivity index (χ0) is 15.5. The topological polar surface area (TPSA) is 51.1 Å². The largest absolute Gasteiger partial charge is 0.350 e. The summed E-state index contributed by atoms with van der Waals surface area (Å²) in [5, 5.41) is 3.20. The van der Waals surface area contributed by atoms with Crippen molar-refractivity contribution in [1.82, 2.24) is 9.27 Å². The van der Waals surface area contributed by atoms with E-state index in [1.165, 1.54) is 22.2 Å². The number of hydrogen-bond donors (Lipinski definition) is 1. The molecule has 1 N–H and O–H groups in total. The fourth-order valence-electron chi connectivity index (χ4n) is 2.13. The van der Waals surface area contributed by atoms with Gasteiger partial charge in [-0.05, 0) is 23.8 Å². The Bertz CT molecular complexity index is 871. The number of nitrogens with one attached hydrogen (secondary N) is 1. The fraction of sp³-hybridized carbons (Fsp3) is 0.125. The first-order valence-electron chi connectivity index (χ1n) is 6.73. The van der Waals surface area contributed by atoms with Gasteiger partial charge in [-0.2, -0.15) is 0 Å². The van der Waals surface area contributed by atoms with E-state index in [4.69, 9.17) is 0 Å². The lowest BCUT2D eigenvalue weighted by atomic mass is 10.2. The van der Waals surface area contributed by atoms with E-state index in [-0.39, 0.29) is 18.0 Å². The Morgan fingerprint density at radius 3 is 2.73 bits per heavy atom. The zero-order valence-electron chi connectivity index (χ0n) is 11.6. The van der Waals surface area contributed by atoms with Gasteiger partial charge in [0.05, 0.1) is 10.1 Å². The van der Waals surface area contributed by atoms with Crippen molar-refractivity contribution in [2.75, 3.05) is 0 Å². The predicted octanol–water partition coefficient (Wildman–Crippen LogP) is 2.52. The number of aromatic nitrogens is 1. The second-order valence-corrected chi connectivity index (χ2v) is 5.90. The second-order valence-electron chi connectivity index (χ2n) is 4.84. The van der Waals surface area contributed by atoms with E-state index in [2.05, 4.69) is 5.32 Å². The lowest BCUT2D eigenvalue weighted by Gasteiger charge is -2.04. The van der Waals surface area contributed by atoms with Gasteiger partial charge >= 0.3 is 0 Å². The molecular formula is C16H13FN2O2S. The molecule has 6 heteroatoms. The molecule has 0 atom stereocenters. The summed E-state index contributed by atoms with van der Waals surface area (Å²) in [4.78, 5) is 24.1. The second kappa shape index (κ2) is 6.11. The highest BCUT2D eigenvalue weighted by Crippen LogP contribution is 2.17. The van der Waals surface area contributed by atoms with Crippen LogP contribution in [-0.4, -0.2) is 9.86 Å². The number of rotatable bonds is 4. The smallest absolute Gasteiger partial charge is 0.269 e. The van der Waals surface area contributed by atoms with Crippen LogP contribution in [0.2, 0.25) is 0 Å². The van der Waals surface area contributed by atoms with Crippen molar-refractivity contribution in [3.8, 4) is 0 Å². The molecule has 1 aromatic heterocycles. The van der Waals surface area contributed by atoms with Crippen LogP contribution in [0, 0.1) is 5.82 Å². The monoisotopic (exact) mass is 316 g/mol. The number of nitrogens with zero attached hydrogens (tertiary/aromatic N) is 1. The highest BCUT2D eigenvalue weighted by atomic mass is 32.1. The lowest BCUT2D eigenvalue weighted by Crippen LogP contribution is -2.29. The van der Waals surface area contributed by atoms with E-state index in [0.717, 1.165) is 17.1 Å². The molecule has 0 aliphatic rings. The molecule has 3 aromatic rings. The summed E-state index contributed by atoms with van der Waals surface area (Å²) in [5.41, 5.74) is 0.719. The van der Waals surface area contributed by atoms with Gasteiger partial charge in [0.1, 0.15) is 12.4 Å². The van der Waals surface area contributed by atoms with E-state index in [1.54, 1.807) is 0 Å². The van der Waals surface area contributed by atoms with Crippen LogP contribution >= 0.6 is 11.5 Å². The Hall–Kier alpha value is -2.47. The molecule has 0 bridgehead atoms. The Morgan fingerprint density at radius 2 is 1.95 bits per heavy atom. The minimum atomic E-state index is -0.394. The van der Waals surface area contributed by atoms with E-state index in [9.17, 15) is 14.0 Å². The summed E-state index contributed by atoms with van der Waals surface area (Å²) >= 11 is 1.09. The Kier molecular flexibility index (Phi) is 4.02. The summed E-state index contributed by atoms with van der Waals surface area (Å²) in [7, 11) is 0. The average Bonchev–Trinajstić information content (AvgIpc) is 2.82. The molecule has 0 fully saturated rings. The molecule has 3 rings (SSSR count). The number of fused-ring (bicyclic) bond motifs is 1. The van der Waals surface area contributed by atoms with Gasteiger partial charge < -0.3 is 5.32 Å². The summed E-state index contributed by atoms with van der Waals surface area (Å²) in [5.74, 6) is -0.646. The molecule has 0 saturated heterocycles. The maximum Gasteiger partial charge on any atom is 0.269 e. The molecule has 0 saturated carbocycles. The third-order valence-corrected chi connectivity index (χ3v) is 4.28. The lowest BCUT2D eigenvalue weighted by molar-refractivity contribution is -0.121. The van der Waals surface area contributed by atoms with Gasteiger partial charge in [-0.3, -0.25) is 13.5 Å². The van der Waals surface area contributed by atoms with Gasteiger partial charge in [-0.25, -0.2) is 4.39 Å². The molecule has 0 unspecified atom stereocenters. The van der Waals surface area contributed by atoms with Gasteiger partial charge in [-0.15, -0.1) is 0 Å². The highest BCUT2D eigenvalue weighted by molar-refractivity contribution is 7.13. The summed E-state index contributed by atoms with van der Waals surface area (Å²) in [6.07, 6.45) is 0. The number of amides is 1. The van der Waals surface area contributed by atoms with Crippen LogP contribution in [-0.2, 0) is 17.9 Å². The summed E-state index contributed by atoms with van der Waals surface area (Å²) in [6.45, 7) is 0.348. The van der Waals surface area contributed by atoms with Gasteiger partial charge in [0, 0.05) is 6.54 Å². The van der Waals surface area contributed by atoms with E-state index < -0.39 is 5.82 Å². The first-order chi connectivity index (χ1) is 10.6. The molecule has 112 valence electrons. The van der Waals surface area contributed by atoms with Crippen molar-refractivity contribution in [1.29, 1.82) is 0 Å². The van der Waals surface area contributed by atoms with Crippen LogP contribution in [0.15, 0.2) is 53.3 Å². The van der Waals surface area contributed by atoms with Gasteiger partial charge in [0.15, 0.2) is 0 Å². The fourth-order valence-corrected chi connectivity index (χ4v) is 3.15. The summed E-state index contributed by atoms with van der Waals surface area (Å²) in [6, 6.07) is 13.5. The average molecular weight is 316 g/mol. The van der Waals surface area contributed by atoms with Crippen molar-refractivity contribution < 1.29 is 9.18 Å². The first-order valence-corrected chi connectivity index (χ1v) is 7.51. The molecule has 0 aliphatic heterocycles. The van der Waals surface area contributed by atoms with Crippen molar-refractivity contribution in [3.63, 3.8) is 0 Å². The quantitative estimate of drug-likeness (QED) is 0.804. The maximum atomic E-state index is 13.2. The van der Waals surface area contributed by atoms with Gasteiger partial charge in [0.25, 0.3) is 5.56 Å². The predicted molar refractivity (Wildman–Crippen MR) is 84.3 cm³/mol. The van der Waals surface area contributed by atoms with Crippen molar-refractivity contribution in [3.05, 3.63) is 70.3 Å². The minimum absolute atomic E-state index is 0.0629. The molecule has 0 aliphatic carbocycles. The van der Waals surface area contributed by atoms with Crippen molar-refractivity contribution in [2.45, 2.75) is 13.1 Å². The molecular weight excluding hydrogens is 303 g/mol. The van der Waals surface area contributed by atoms with Crippen LogP contribution in [0.4, 0.5) is 4.39 Å². The number of hydrogen-bond acceptors (Lipinski definition) is 3. The number of benzene rings is 2.